The lowest BCUT2D eigenvalue weighted by molar-refractivity contribution is 0.493. The van der Waals surface area contributed by atoms with Gasteiger partial charge in [0.2, 0.25) is 0 Å². The minimum atomic E-state index is 0.488. The van der Waals surface area contributed by atoms with Crippen molar-refractivity contribution in [3.63, 3.8) is 0 Å². The zero-order chi connectivity index (χ0) is 13.8. The minimum Gasteiger partial charge on any atom is -0.315 e. The molecule has 0 spiro atoms. The molecule has 1 aromatic carbocycles. The summed E-state index contributed by atoms with van der Waals surface area (Å²) in [6.45, 7) is 6.32. The lowest BCUT2D eigenvalue weighted by Crippen LogP contribution is -2.35. The summed E-state index contributed by atoms with van der Waals surface area (Å²) in [4.78, 5) is 4.38. The second-order valence-electron chi connectivity index (χ2n) is 5.46. The first-order chi connectivity index (χ1) is 9.84. The molecule has 2 atom stereocenters. The molecule has 2 N–H and O–H groups in total. The van der Waals surface area contributed by atoms with Gasteiger partial charge in [0.05, 0.1) is 5.01 Å². The summed E-state index contributed by atoms with van der Waals surface area (Å²) < 4.78 is 0. The highest BCUT2D eigenvalue weighted by atomic mass is 32.1. The van der Waals surface area contributed by atoms with Crippen molar-refractivity contribution in [1.82, 2.24) is 15.6 Å². The van der Waals surface area contributed by atoms with E-state index >= 15 is 0 Å². The molecule has 0 amide bonds. The number of thiazole rings is 1. The van der Waals surface area contributed by atoms with Crippen molar-refractivity contribution < 1.29 is 0 Å². The largest absolute Gasteiger partial charge is 0.315 e. The molecular weight excluding hydrogens is 266 g/mol. The van der Waals surface area contributed by atoms with Gasteiger partial charge in [-0.15, -0.1) is 11.3 Å². The zero-order valence-corrected chi connectivity index (χ0v) is 12.6. The molecule has 106 valence electrons. The highest BCUT2D eigenvalue weighted by molar-refractivity contribution is 7.09. The maximum absolute atomic E-state index is 4.38. The Morgan fingerprint density at radius 2 is 2.35 bits per heavy atom. The van der Waals surface area contributed by atoms with Gasteiger partial charge in [-0.05, 0) is 11.1 Å². The standard InChI is InChI=1S/C16H21N3S/c1-12(16-19-6-7-20-16)8-17-10-14-11-18-9-13-4-2-3-5-15(13)14/h2-7,12,14,17-18H,8-11H2,1H3. The van der Waals surface area contributed by atoms with E-state index in [0.717, 1.165) is 26.2 Å². The number of fused-ring (bicyclic) bond motifs is 1. The number of benzene rings is 1. The molecule has 0 saturated carbocycles. The van der Waals surface area contributed by atoms with Crippen molar-refractivity contribution in [2.75, 3.05) is 19.6 Å². The molecule has 1 aromatic heterocycles. The molecule has 0 aliphatic carbocycles. The maximum Gasteiger partial charge on any atom is 0.0965 e. The van der Waals surface area contributed by atoms with Crippen LogP contribution in [-0.4, -0.2) is 24.6 Å². The average Bonchev–Trinajstić information content (AvgIpc) is 3.02. The average molecular weight is 287 g/mol. The molecule has 2 aromatic rings. The fourth-order valence-electron chi connectivity index (χ4n) is 2.81. The summed E-state index contributed by atoms with van der Waals surface area (Å²) in [6.07, 6.45) is 1.89. The van der Waals surface area contributed by atoms with Gasteiger partial charge in [0, 0.05) is 49.6 Å². The van der Waals surface area contributed by atoms with Gasteiger partial charge in [0.25, 0.3) is 0 Å². The highest BCUT2D eigenvalue weighted by Gasteiger charge is 2.19. The van der Waals surface area contributed by atoms with Crippen molar-refractivity contribution in [2.45, 2.75) is 25.3 Å². The van der Waals surface area contributed by atoms with Crippen LogP contribution in [0.25, 0.3) is 0 Å². The lowest BCUT2D eigenvalue weighted by atomic mass is 9.91. The first-order valence-corrected chi connectivity index (χ1v) is 8.11. The van der Waals surface area contributed by atoms with Crippen LogP contribution in [0.3, 0.4) is 0 Å². The third kappa shape index (κ3) is 3.08. The molecule has 2 unspecified atom stereocenters. The van der Waals surface area contributed by atoms with Gasteiger partial charge >= 0.3 is 0 Å². The van der Waals surface area contributed by atoms with E-state index in [1.54, 1.807) is 11.3 Å². The molecule has 0 radical (unpaired) electrons. The van der Waals surface area contributed by atoms with Crippen LogP contribution in [0.15, 0.2) is 35.8 Å². The van der Waals surface area contributed by atoms with E-state index in [2.05, 4.69) is 46.8 Å². The van der Waals surface area contributed by atoms with E-state index in [0.29, 0.717) is 11.8 Å². The van der Waals surface area contributed by atoms with Crippen LogP contribution in [0.1, 0.15) is 34.9 Å². The van der Waals surface area contributed by atoms with E-state index in [-0.39, 0.29) is 0 Å². The fraction of sp³-hybridized carbons (Fsp3) is 0.438. The van der Waals surface area contributed by atoms with Gasteiger partial charge < -0.3 is 10.6 Å². The topological polar surface area (TPSA) is 37.0 Å². The Morgan fingerprint density at radius 3 is 3.20 bits per heavy atom. The lowest BCUT2D eigenvalue weighted by Gasteiger charge is -2.27. The van der Waals surface area contributed by atoms with E-state index < -0.39 is 0 Å². The van der Waals surface area contributed by atoms with Crippen molar-refractivity contribution >= 4 is 11.3 Å². The van der Waals surface area contributed by atoms with Gasteiger partial charge in [-0.3, -0.25) is 0 Å². The highest BCUT2D eigenvalue weighted by Crippen LogP contribution is 2.23. The number of rotatable bonds is 5. The summed E-state index contributed by atoms with van der Waals surface area (Å²) in [6, 6.07) is 8.77. The van der Waals surface area contributed by atoms with Crippen LogP contribution < -0.4 is 10.6 Å². The summed E-state index contributed by atoms with van der Waals surface area (Å²) in [5.74, 6) is 1.06. The summed E-state index contributed by atoms with van der Waals surface area (Å²) in [7, 11) is 0. The third-order valence-electron chi connectivity index (χ3n) is 3.92. The Kier molecular flexibility index (Phi) is 4.45. The normalized spacial score (nSPS) is 19.6. The van der Waals surface area contributed by atoms with Gasteiger partial charge in [0.15, 0.2) is 0 Å². The van der Waals surface area contributed by atoms with Crippen molar-refractivity contribution in [3.8, 4) is 0 Å². The monoisotopic (exact) mass is 287 g/mol. The van der Waals surface area contributed by atoms with Crippen molar-refractivity contribution in [1.29, 1.82) is 0 Å². The first-order valence-electron chi connectivity index (χ1n) is 7.23. The van der Waals surface area contributed by atoms with Crippen LogP contribution in [0, 0.1) is 0 Å². The van der Waals surface area contributed by atoms with Crippen molar-refractivity contribution in [3.05, 3.63) is 52.0 Å². The Labute approximate surface area is 124 Å². The second-order valence-corrected chi connectivity index (χ2v) is 6.38. The quantitative estimate of drug-likeness (QED) is 0.888. The molecular formula is C16H21N3S. The molecule has 0 fully saturated rings. The first kappa shape index (κ1) is 13.7. The van der Waals surface area contributed by atoms with E-state index in [9.17, 15) is 0 Å². The Bertz CT molecular complexity index is 538. The SMILES string of the molecule is CC(CNCC1CNCc2ccccc21)c1nccs1. The number of hydrogen-bond donors (Lipinski definition) is 2. The van der Waals surface area contributed by atoms with E-state index in [1.807, 2.05) is 11.6 Å². The predicted octanol–water partition coefficient (Wildman–Crippen LogP) is 2.72. The molecule has 4 heteroatoms. The molecule has 3 rings (SSSR count). The van der Waals surface area contributed by atoms with Crippen LogP contribution >= 0.6 is 11.3 Å². The van der Waals surface area contributed by atoms with Gasteiger partial charge in [0.1, 0.15) is 0 Å². The van der Waals surface area contributed by atoms with Gasteiger partial charge in [-0.2, -0.15) is 0 Å². The van der Waals surface area contributed by atoms with Crippen LogP contribution in [0.4, 0.5) is 0 Å². The number of aromatic nitrogens is 1. The molecule has 1 aliphatic heterocycles. The minimum absolute atomic E-state index is 0.488. The Morgan fingerprint density at radius 1 is 1.45 bits per heavy atom. The van der Waals surface area contributed by atoms with Crippen molar-refractivity contribution in [2.24, 2.45) is 0 Å². The Hall–Kier alpha value is -1.23. The molecule has 0 saturated heterocycles. The van der Waals surface area contributed by atoms with E-state index in [4.69, 9.17) is 0 Å². The zero-order valence-electron chi connectivity index (χ0n) is 11.8. The summed E-state index contributed by atoms with van der Waals surface area (Å²) >= 11 is 1.74. The van der Waals surface area contributed by atoms with E-state index in [1.165, 1.54) is 16.1 Å². The van der Waals surface area contributed by atoms with Crippen LogP contribution in [0.5, 0.6) is 0 Å². The summed E-state index contributed by atoms with van der Waals surface area (Å²) in [5, 5.41) is 10.4. The van der Waals surface area contributed by atoms with Crippen LogP contribution in [-0.2, 0) is 6.54 Å². The maximum atomic E-state index is 4.38. The van der Waals surface area contributed by atoms with Gasteiger partial charge in [-0.1, -0.05) is 31.2 Å². The van der Waals surface area contributed by atoms with Crippen LogP contribution in [0.2, 0.25) is 0 Å². The fourth-order valence-corrected chi connectivity index (χ4v) is 3.50. The molecule has 20 heavy (non-hydrogen) atoms. The Balaban J connectivity index is 1.55. The number of nitrogens with zero attached hydrogens (tertiary/aromatic N) is 1. The summed E-state index contributed by atoms with van der Waals surface area (Å²) in [5.41, 5.74) is 2.94. The second kappa shape index (κ2) is 6.48. The number of nitrogens with one attached hydrogen (secondary N) is 2. The van der Waals surface area contributed by atoms with Gasteiger partial charge in [-0.25, -0.2) is 4.98 Å². The molecule has 3 nitrogen and oxygen atoms in total. The molecule has 1 aliphatic rings. The third-order valence-corrected chi connectivity index (χ3v) is 4.92. The smallest absolute Gasteiger partial charge is 0.0965 e. The predicted molar refractivity (Wildman–Crippen MR) is 84.3 cm³/mol. The number of hydrogen-bond acceptors (Lipinski definition) is 4. The molecule has 0 bridgehead atoms. The molecule has 2 heterocycles.